The van der Waals surface area contributed by atoms with E-state index in [1.165, 1.54) is 16.8 Å². The van der Waals surface area contributed by atoms with Crippen molar-refractivity contribution in [3.05, 3.63) is 84.3 Å². The molecule has 6 heteroatoms. The Labute approximate surface area is 159 Å². The van der Waals surface area contributed by atoms with Crippen LogP contribution in [0.25, 0.3) is 38.8 Å². The van der Waals surface area contributed by atoms with Crippen molar-refractivity contribution in [3.63, 3.8) is 0 Å². The molecule has 0 saturated heterocycles. The molecule has 3 aromatic heterocycles. The second-order valence-corrected chi connectivity index (χ2v) is 6.56. The van der Waals surface area contributed by atoms with Crippen molar-refractivity contribution in [2.45, 2.75) is 6.92 Å². The summed E-state index contributed by atoms with van der Waals surface area (Å²) in [5, 5.41) is 5.78. The number of rotatable bonds is 2. The molecular formula is C22H14F2N4. The Morgan fingerprint density at radius 3 is 2.57 bits per heavy atom. The monoisotopic (exact) mass is 372 g/mol. The minimum absolute atomic E-state index is 0.0405. The van der Waals surface area contributed by atoms with Crippen molar-refractivity contribution in [2.24, 2.45) is 0 Å². The predicted octanol–water partition coefficient (Wildman–Crippen LogP) is 5.22. The molecule has 0 bridgehead atoms. The van der Waals surface area contributed by atoms with Crippen molar-refractivity contribution >= 4 is 21.8 Å². The van der Waals surface area contributed by atoms with Crippen LogP contribution in [0, 0.1) is 18.6 Å². The standard InChI is InChI=1S/C22H14F2N4/c1-13-10-19-14(11-25-13)12-26-28(19)22-16-7-3-5-9-18(16)27-21(20(22)24)15-6-2-4-8-17(15)23/h2-12H,1H3. The molecule has 0 fully saturated rings. The quantitative estimate of drug-likeness (QED) is 0.427. The Hall–Kier alpha value is -3.67. The lowest BCUT2D eigenvalue weighted by Crippen LogP contribution is -2.05. The summed E-state index contributed by atoms with van der Waals surface area (Å²) in [6.45, 7) is 1.86. The number of hydrogen-bond acceptors (Lipinski definition) is 3. The van der Waals surface area contributed by atoms with E-state index >= 15 is 4.39 Å². The van der Waals surface area contributed by atoms with E-state index in [2.05, 4.69) is 15.1 Å². The fraction of sp³-hybridized carbons (Fsp3) is 0.0455. The smallest absolute Gasteiger partial charge is 0.175 e. The summed E-state index contributed by atoms with van der Waals surface area (Å²) < 4.78 is 31.7. The number of aryl methyl sites for hydroxylation is 1. The molecule has 0 aliphatic carbocycles. The van der Waals surface area contributed by atoms with Crippen molar-refractivity contribution < 1.29 is 8.78 Å². The van der Waals surface area contributed by atoms with Crippen LogP contribution in [0.2, 0.25) is 0 Å². The third-order valence-electron chi connectivity index (χ3n) is 4.74. The van der Waals surface area contributed by atoms with Gasteiger partial charge in [-0.25, -0.2) is 18.4 Å². The van der Waals surface area contributed by atoms with E-state index in [1.54, 1.807) is 36.7 Å². The van der Waals surface area contributed by atoms with Crippen LogP contribution in [0.5, 0.6) is 0 Å². The van der Waals surface area contributed by atoms with Crippen LogP contribution in [0.1, 0.15) is 5.69 Å². The molecule has 0 spiro atoms. The molecule has 5 aromatic rings. The number of nitrogens with zero attached hydrogens (tertiary/aromatic N) is 4. The van der Waals surface area contributed by atoms with Gasteiger partial charge in [-0.15, -0.1) is 0 Å². The average Bonchev–Trinajstić information content (AvgIpc) is 3.11. The number of pyridine rings is 2. The highest BCUT2D eigenvalue weighted by Crippen LogP contribution is 2.33. The molecule has 0 N–H and O–H groups in total. The highest BCUT2D eigenvalue weighted by molar-refractivity contribution is 5.92. The second-order valence-electron chi connectivity index (χ2n) is 6.56. The number of para-hydroxylation sites is 1. The molecule has 3 heterocycles. The van der Waals surface area contributed by atoms with Crippen LogP contribution in [-0.4, -0.2) is 19.7 Å². The average molecular weight is 372 g/mol. The maximum absolute atomic E-state index is 15.8. The molecule has 0 radical (unpaired) electrons. The Kier molecular flexibility index (Phi) is 3.65. The molecule has 2 aromatic carbocycles. The first-order chi connectivity index (χ1) is 13.6. The molecular weight excluding hydrogens is 358 g/mol. The highest BCUT2D eigenvalue weighted by atomic mass is 19.1. The largest absolute Gasteiger partial charge is 0.261 e. The maximum atomic E-state index is 15.8. The third kappa shape index (κ3) is 2.45. The first kappa shape index (κ1) is 16.5. The van der Waals surface area contributed by atoms with Crippen LogP contribution in [0.15, 0.2) is 67.0 Å². The van der Waals surface area contributed by atoms with Crippen LogP contribution in [0.3, 0.4) is 0 Å². The van der Waals surface area contributed by atoms with E-state index in [4.69, 9.17) is 0 Å². The summed E-state index contributed by atoms with van der Waals surface area (Å²) in [5.41, 5.74) is 2.39. The van der Waals surface area contributed by atoms with Gasteiger partial charge in [0.1, 0.15) is 17.2 Å². The van der Waals surface area contributed by atoms with Gasteiger partial charge in [-0.1, -0.05) is 30.3 Å². The van der Waals surface area contributed by atoms with Gasteiger partial charge >= 0.3 is 0 Å². The molecule has 136 valence electrons. The topological polar surface area (TPSA) is 43.6 Å². The van der Waals surface area contributed by atoms with Gasteiger partial charge in [-0.2, -0.15) is 5.10 Å². The van der Waals surface area contributed by atoms with Crippen LogP contribution >= 0.6 is 0 Å². The van der Waals surface area contributed by atoms with Gasteiger partial charge in [0.25, 0.3) is 0 Å². The zero-order valence-corrected chi connectivity index (χ0v) is 14.9. The lowest BCUT2D eigenvalue weighted by atomic mass is 10.1. The second kappa shape index (κ2) is 6.20. The lowest BCUT2D eigenvalue weighted by Gasteiger charge is -2.13. The van der Waals surface area contributed by atoms with Crippen LogP contribution < -0.4 is 0 Å². The number of benzene rings is 2. The summed E-state index contributed by atoms with van der Waals surface area (Å²) >= 11 is 0. The molecule has 0 aliphatic heterocycles. The molecule has 28 heavy (non-hydrogen) atoms. The van der Waals surface area contributed by atoms with Gasteiger partial charge in [0.05, 0.1) is 17.2 Å². The van der Waals surface area contributed by atoms with E-state index < -0.39 is 11.6 Å². The molecule has 0 unspecified atom stereocenters. The van der Waals surface area contributed by atoms with Gasteiger partial charge in [-0.05, 0) is 31.2 Å². The molecule has 4 nitrogen and oxygen atoms in total. The molecule has 0 saturated carbocycles. The summed E-state index contributed by atoms with van der Waals surface area (Å²) in [6.07, 6.45) is 3.34. The summed E-state index contributed by atoms with van der Waals surface area (Å²) in [4.78, 5) is 8.67. The zero-order valence-electron chi connectivity index (χ0n) is 14.9. The predicted molar refractivity (Wildman–Crippen MR) is 104 cm³/mol. The number of hydrogen-bond donors (Lipinski definition) is 0. The van der Waals surface area contributed by atoms with E-state index in [9.17, 15) is 4.39 Å². The first-order valence-electron chi connectivity index (χ1n) is 8.77. The maximum Gasteiger partial charge on any atom is 0.175 e. The minimum atomic E-state index is -0.622. The van der Waals surface area contributed by atoms with E-state index in [1.807, 2.05) is 25.1 Å². The van der Waals surface area contributed by atoms with Crippen molar-refractivity contribution in [1.29, 1.82) is 0 Å². The van der Waals surface area contributed by atoms with E-state index in [0.717, 1.165) is 16.6 Å². The fourth-order valence-electron chi connectivity index (χ4n) is 3.41. The first-order valence-corrected chi connectivity index (χ1v) is 8.77. The van der Waals surface area contributed by atoms with Crippen molar-refractivity contribution in [3.8, 4) is 16.9 Å². The van der Waals surface area contributed by atoms with E-state index in [-0.39, 0.29) is 16.9 Å². The highest BCUT2D eigenvalue weighted by Gasteiger charge is 2.21. The van der Waals surface area contributed by atoms with Gasteiger partial charge in [0, 0.05) is 28.2 Å². The zero-order chi connectivity index (χ0) is 19.3. The summed E-state index contributed by atoms with van der Waals surface area (Å²) in [5.74, 6) is -1.15. The third-order valence-corrected chi connectivity index (χ3v) is 4.74. The Morgan fingerprint density at radius 1 is 0.929 bits per heavy atom. The number of aromatic nitrogens is 4. The molecule has 0 amide bonds. The van der Waals surface area contributed by atoms with Gasteiger partial charge in [0.15, 0.2) is 5.82 Å². The fourth-order valence-corrected chi connectivity index (χ4v) is 3.41. The van der Waals surface area contributed by atoms with E-state index in [0.29, 0.717) is 10.9 Å². The van der Waals surface area contributed by atoms with Crippen molar-refractivity contribution in [1.82, 2.24) is 19.7 Å². The molecule has 0 atom stereocenters. The summed E-state index contributed by atoms with van der Waals surface area (Å²) in [6, 6.07) is 15.1. The van der Waals surface area contributed by atoms with Crippen LogP contribution in [0.4, 0.5) is 8.78 Å². The Balaban J connectivity index is 1.91. The molecule has 5 rings (SSSR count). The normalized spacial score (nSPS) is 11.4. The Bertz CT molecular complexity index is 1360. The number of fused-ring (bicyclic) bond motifs is 2. The van der Waals surface area contributed by atoms with Gasteiger partial charge < -0.3 is 0 Å². The van der Waals surface area contributed by atoms with Crippen LogP contribution in [-0.2, 0) is 0 Å². The Morgan fingerprint density at radius 2 is 1.71 bits per heavy atom. The van der Waals surface area contributed by atoms with Crippen molar-refractivity contribution in [2.75, 3.05) is 0 Å². The van der Waals surface area contributed by atoms with Gasteiger partial charge in [0.2, 0.25) is 0 Å². The number of halogens is 2. The molecule has 0 aliphatic rings. The minimum Gasteiger partial charge on any atom is -0.261 e. The lowest BCUT2D eigenvalue weighted by molar-refractivity contribution is 0.605. The van der Waals surface area contributed by atoms with Gasteiger partial charge in [-0.3, -0.25) is 4.98 Å². The summed E-state index contributed by atoms with van der Waals surface area (Å²) in [7, 11) is 0. The SMILES string of the molecule is Cc1cc2c(cn1)cnn2-c1c(F)c(-c2ccccc2F)nc2ccccc12.